The normalized spacial score (nSPS) is 11.4. The lowest BCUT2D eigenvalue weighted by Gasteiger charge is -2.19. The third-order valence-corrected chi connectivity index (χ3v) is 5.81. The maximum absolute atomic E-state index is 12.8. The van der Waals surface area contributed by atoms with Crippen LogP contribution in [-0.4, -0.2) is 24.9 Å². The number of ether oxygens (including phenoxy) is 1. The molecule has 0 aliphatic rings. The van der Waals surface area contributed by atoms with Gasteiger partial charge in [-0.25, -0.2) is 0 Å². The summed E-state index contributed by atoms with van der Waals surface area (Å²) in [6.45, 7) is 0.350. The molecule has 160 valence electrons. The van der Waals surface area contributed by atoms with Gasteiger partial charge in [0.15, 0.2) is 0 Å². The van der Waals surface area contributed by atoms with E-state index in [1.54, 1.807) is 54.6 Å². The van der Waals surface area contributed by atoms with Gasteiger partial charge in [0, 0.05) is 17.1 Å². The zero-order valence-electron chi connectivity index (χ0n) is 16.8. The highest BCUT2D eigenvalue weighted by molar-refractivity contribution is 7.12. The average molecular weight is 457 g/mol. The van der Waals surface area contributed by atoms with Gasteiger partial charge in [0.05, 0.1) is 24.4 Å². The Kier molecular flexibility index (Phi) is 7.81. The van der Waals surface area contributed by atoms with Crippen LogP contribution in [0.4, 0.5) is 0 Å². The van der Waals surface area contributed by atoms with E-state index in [1.165, 1.54) is 18.4 Å². The summed E-state index contributed by atoms with van der Waals surface area (Å²) in [7, 11) is 1.30. The lowest BCUT2D eigenvalue weighted by Crippen LogP contribution is -2.30. The van der Waals surface area contributed by atoms with E-state index in [1.807, 2.05) is 11.4 Å². The minimum Gasteiger partial charge on any atom is -0.469 e. The fourth-order valence-electron chi connectivity index (χ4n) is 2.94. The largest absolute Gasteiger partial charge is 0.469 e. The van der Waals surface area contributed by atoms with E-state index < -0.39 is 12.0 Å². The molecular formula is C23H21ClN2O4S. The van der Waals surface area contributed by atoms with Gasteiger partial charge in [0.2, 0.25) is 0 Å². The zero-order valence-corrected chi connectivity index (χ0v) is 18.3. The Hall–Kier alpha value is -3.16. The molecule has 0 aliphatic carbocycles. The van der Waals surface area contributed by atoms with Crippen LogP contribution in [0.5, 0.6) is 0 Å². The molecule has 0 bridgehead atoms. The van der Waals surface area contributed by atoms with E-state index in [4.69, 9.17) is 16.3 Å². The average Bonchev–Trinajstić information content (AvgIpc) is 3.32. The molecule has 1 aromatic heterocycles. The Labute approximate surface area is 189 Å². The van der Waals surface area contributed by atoms with Crippen molar-refractivity contribution in [3.05, 3.63) is 92.6 Å². The Morgan fingerprint density at radius 1 is 1.00 bits per heavy atom. The van der Waals surface area contributed by atoms with E-state index in [9.17, 15) is 14.4 Å². The number of benzene rings is 2. The Morgan fingerprint density at radius 2 is 1.74 bits per heavy atom. The summed E-state index contributed by atoms with van der Waals surface area (Å²) in [5.74, 6) is -0.938. The number of thiophene rings is 1. The van der Waals surface area contributed by atoms with Crippen molar-refractivity contribution in [1.82, 2.24) is 10.6 Å². The van der Waals surface area contributed by atoms with Crippen molar-refractivity contribution in [3.63, 3.8) is 0 Å². The van der Waals surface area contributed by atoms with Crippen LogP contribution in [0.3, 0.4) is 0 Å². The van der Waals surface area contributed by atoms with Crippen molar-refractivity contribution >= 4 is 40.7 Å². The monoisotopic (exact) mass is 456 g/mol. The van der Waals surface area contributed by atoms with Crippen molar-refractivity contribution in [1.29, 1.82) is 0 Å². The standard InChI is InChI=1S/C23H21ClN2O4S/c1-30-21(27)13-19(17-5-2-3-6-18(17)24)26-22(28)16-10-8-15(9-11-16)14-25-23(29)20-7-4-12-31-20/h2-12,19H,13-14H2,1H3,(H,25,29)(H,26,28). The number of carbonyl (C=O) groups excluding carboxylic acids is 3. The fraction of sp³-hybridized carbons (Fsp3) is 0.174. The van der Waals surface area contributed by atoms with Gasteiger partial charge in [-0.3, -0.25) is 14.4 Å². The molecule has 1 atom stereocenters. The van der Waals surface area contributed by atoms with Crippen LogP contribution in [0.15, 0.2) is 66.0 Å². The van der Waals surface area contributed by atoms with E-state index >= 15 is 0 Å². The molecule has 2 aromatic carbocycles. The van der Waals surface area contributed by atoms with Gasteiger partial charge in [0.25, 0.3) is 11.8 Å². The SMILES string of the molecule is COC(=O)CC(NC(=O)c1ccc(CNC(=O)c2cccs2)cc1)c1ccccc1Cl. The highest BCUT2D eigenvalue weighted by atomic mass is 35.5. The summed E-state index contributed by atoms with van der Waals surface area (Å²) in [5, 5.41) is 7.99. The van der Waals surface area contributed by atoms with Gasteiger partial charge in [-0.15, -0.1) is 11.3 Å². The molecule has 1 unspecified atom stereocenters. The predicted molar refractivity (Wildman–Crippen MR) is 120 cm³/mol. The summed E-state index contributed by atoms with van der Waals surface area (Å²) in [5.41, 5.74) is 1.92. The lowest BCUT2D eigenvalue weighted by atomic mass is 10.0. The second-order valence-corrected chi connectivity index (χ2v) is 8.04. The molecule has 1 heterocycles. The first kappa shape index (κ1) is 22.5. The first-order valence-electron chi connectivity index (χ1n) is 9.50. The van der Waals surface area contributed by atoms with Crippen LogP contribution in [0, 0.1) is 0 Å². The lowest BCUT2D eigenvalue weighted by molar-refractivity contribution is -0.141. The molecule has 0 saturated carbocycles. The number of halogens is 1. The van der Waals surface area contributed by atoms with E-state index in [-0.39, 0.29) is 18.2 Å². The molecule has 6 nitrogen and oxygen atoms in total. The molecule has 3 aromatic rings. The van der Waals surface area contributed by atoms with Crippen LogP contribution in [0.1, 0.15) is 43.6 Å². The Balaban J connectivity index is 1.65. The zero-order chi connectivity index (χ0) is 22.2. The van der Waals surface area contributed by atoms with E-state index in [0.717, 1.165) is 5.56 Å². The minimum absolute atomic E-state index is 0.0428. The fourth-order valence-corrected chi connectivity index (χ4v) is 3.85. The van der Waals surface area contributed by atoms with E-state index in [2.05, 4.69) is 10.6 Å². The number of esters is 1. The molecule has 2 amide bonds. The third kappa shape index (κ3) is 6.16. The number of amides is 2. The first-order valence-corrected chi connectivity index (χ1v) is 10.8. The number of rotatable bonds is 8. The summed E-state index contributed by atoms with van der Waals surface area (Å²) < 4.78 is 4.75. The maximum Gasteiger partial charge on any atom is 0.307 e. The predicted octanol–water partition coefficient (Wildman–Crippen LogP) is 4.37. The third-order valence-electron chi connectivity index (χ3n) is 4.60. The minimum atomic E-state index is -0.626. The summed E-state index contributed by atoms with van der Waals surface area (Å²) >= 11 is 7.63. The van der Waals surface area contributed by atoms with Crippen LogP contribution in [0.2, 0.25) is 5.02 Å². The smallest absolute Gasteiger partial charge is 0.307 e. The van der Waals surface area contributed by atoms with Gasteiger partial charge in [0.1, 0.15) is 0 Å². The number of hydrogen-bond donors (Lipinski definition) is 2. The summed E-state index contributed by atoms with van der Waals surface area (Å²) in [6, 6.07) is 16.9. The summed E-state index contributed by atoms with van der Waals surface area (Å²) in [4.78, 5) is 37.3. The molecular weight excluding hydrogens is 436 g/mol. The number of carbonyl (C=O) groups is 3. The molecule has 8 heteroatoms. The van der Waals surface area contributed by atoms with E-state index in [0.29, 0.717) is 27.6 Å². The Morgan fingerprint density at radius 3 is 2.39 bits per heavy atom. The first-order chi connectivity index (χ1) is 15.0. The van der Waals surface area contributed by atoms with Crippen molar-refractivity contribution in [2.24, 2.45) is 0 Å². The highest BCUT2D eigenvalue weighted by Crippen LogP contribution is 2.26. The van der Waals surface area contributed by atoms with Crippen LogP contribution in [-0.2, 0) is 16.1 Å². The molecule has 2 N–H and O–H groups in total. The molecule has 0 radical (unpaired) electrons. The van der Waals surface area contributed by atoms with Gasteiger partial charge >= 0.3 is 5.97 Å². The molecule has 3 rings (SSSR count). The molecule has 0 saturated heterocycles. The maximum atomic E-state index is 12.8. The van der Waals surface area contributed by atoms with Crippen LogP contribution >= 0.6 is 22.9 Å². The molecule has 0 fully saturated rings. The Bertz CT molecular complexity index is 1050. The van der Waals surface area contributed by atoms with Gasteiger partial charge in [-0.05, 0) is 40.8 Å². The van der Waals surface area contributed by atoms with Gasteiger partial charge in [-0.2, -0.15) is 0 Å². The van der Waals surface area contributed by atoms with Crippen molar-refractivity contribution < 1.29 is 19.1 Å². The van der Waals surface area contributed by atoms with Crippen molar-refractivity contribution in [3.8, 4) is 0 Å². The van der Waals surface area contributed by atoms with Crippen molar-refractivity contribution in [2.45, 2.75) is 19.0 Å². The van der Waals surface area contributed by atoms with Crippen molar-refractivity contribution in [2.75, 3.05) is 7.11 Å². The number of methoxy groups -OCH3 is 1. The van der Waals surface area contributed by atoms with Crippen LogP contribution < -0.4 is 10.6 Å². The molecule has 0 spiro atoms. The number of hydrogen-bond acceptors (Lipinski definition) is 5. The number of nitrogens with one attached hydrogen (secondary N) is 2. The molecule has 0 aliphatic heterocycles. The van der Waals surface area contributed by atoms with Gasteiger partial charge in [-0.1, -0.05) is 48.0 Å². The quantitative estimate of drug-likeness (QED) is 0.493. The molecule has 31 heavy (non-hydrogen) atoms. The second kappa shape index (κ2) is 10.7. The summed E-state index contributed by atoms with van der Waals surface area (Å²) in [6.07, 6.45) is -0.0428. The second-order valence-electron chi connectivity index (χ2n) is 6.68. The highest BCUT2D eigenvalue weighted by Gasteiger charge is 2.21. The topological polar surface area (TPSA) is 84.5 Å². The van der Waals surface area contributed by atoms with Crippen LogP contribution in [0.25, 0.3) is 0 Å². The van der Waals surface area contributed by atoms with Gasteiger partial charge < -0.3 is 15.4 Å².